The van der Waals surface area contributed by atoms with Gasteiger partial charge in [-0.25, -0.2) is 0 Å². The van der Waals surface area contributed by atoms with Crippen LogP contribution in [-0.2, 0) is 4.79 Å². The second kappa shape index (κ2) is 9.13. The zero-order chi connectivity index (χ0) is 21.2. The van der Waals surface area contributed by atoms with Crippen LogP contribution in [0.5, 0.6) is 0 Å². The van der Waals surface area contributed by atoms with Gasteiger partial charge >= 0.3 is 0 Å². The molecule has 2 saturated heterocycles. The van der Waals surface area contributed by atoms with Crippen LogP contribution in [0.2, 0.25) is 0 Å². The normalized spacial score (nSPS) is 25.9. The highest BCUT2D eigenvalue weighted by atomic mass is 16.3. The molecule has 2 aliphatic heterocycles. The van der Waals surface area contributed by atoms with E-state index in [0.717, 1.165) is 68.8 Å². The smallest absolute Gasteiger partial charge is 0.244 e. The first-order chi connectivity index (χ1) is 13.8. The van der Waals surface area contributed by atoms with E-state index >= 15 is 0 Å². The molecule has 1 aromatic carbocycles. The van der Waals surface area contributed by atoms with Crippen LogP contribution in [0.15, 0.2) is 18.2 Å². The van der Waals surface area contributed by atoms with Crippen LogP contribution in [-0.4, -0.2) is 90.2 Å². The van der Waals surface area contributed by atoms with E-state index in [0.29, 0.717) is 0 Å². The molecule has 0 spiro atoms. The van der Waals surface area contributed by atoms with Gasteiger partial charge in [0.25, 0.3) is 0 Å². The van der Waals surface area contributed by atoms with E-state index in [1.54, 1.807) is 0 Å². The van der Waals surface area contributed by atoms with Gasteiger partial charge in [0.1, 0.15) is 5.54 Å². The summed E-state index contributed by atoms with van der Waals surface area (Å²) in [4.78, 5) is 20.2. The molecular weight excluding hydrogens is 364 g/mol. The summed E-state index contributed by atoms with van der Waals surface area (Å²) in [6, 6.07) is 6.31. The molecule has 3 rings (SSSR count). The van der Waals surface area contributed by atoms with E-state index in [2.05, 4.69) is 26.9 Å². The second-order valence-corrected chi connectivity index (χ2v) is 9.00. The molecule has 2 heterocycles. The lowest BCUT2D eigenvalue weighted by atomic mass is 9.83. The van der Waals surface area contributed by atoms with Gasteiger partial charge in [0, 0.05) is 31.4 Å². The number of piperidine rings is 2. The highest BCUT2D eigenvalue weighted by molar-refractivity contribution is 5.99. The van der Waals surface area contributed by atoms with E-state index in [4.69, 9.17) is 0 Å². The minimum Gasteiger partial charge on any atom is -0.390 e. The summed E-state index contributed by atoms with van der Waals surface area (Å²) in [6.07, 6.45) is 2.24. The maximum absolute atomic E-state index is 13.4. The highest BCUT2D eigenvalue weighted by Crippen LogP contribution is 2.32. The molecule has 0 bridgehead atoms. The number of hydrogen-bond donors (Lipinski definition) is 2. The van der Waals surface area contributed by atoms with Crippen molar-refractivity contribution < 1.29 is 9.90 Å². The fraction of sp³-hybridized carbons (Fsp3) is 0.696. The number of carbonyl (C=O) groups excluding carboxylic acids is 1. The first-order valence-electron chi connectivity index (χ1n) is 11.0. The first-order valence-corrected chi connectivity index (χ1v) is 11.0. The summed E-state index contributed by atoms with van der Waals surface area (Å²) < 4.78 is 0. The Morgan fingerprint density at radius 2 is 1.83 bits per heavy atom. The van der Waals surface area contributed by atoms with E-state index in [9.17, 15) is 9.90 Å². The van der Waals surface area contributed by atoms with Crippen molar-refractivity contribution in [1.29, 1.82) is 0 Å². The molecule has 6 nitrogen and oxygen atoms in total. The van der Waals surface area contributed by atoms with Crippen LogP contribution < -0.4 is 5.32 Å². The number of aliphatic hydroxyl groups excluding tert-OH is 1. The quantitative estimate of drug-likeness (QED) is 0.790. The third-order valence-electron chi connectivity index (χ3n) is 7.17. The Labute approximate surface area is 175 Å². The molecule has 2 atom stereocenters. The molecule has 0 aromatic heterocycles. The summed E-state index contributed by atoms with van der Waals surface area (Å²) in [6.45, 7) is 10.7. The van der Waals surface area contributed by atoms with Crippen molar-refractivity contribution in [2.45, 2.75) is 57.7 Å². The van der Waals surface area contributed by atoms with Gasteiger partial charge in [-0.1, -0.05) is 25.1 Å². The van der Waals surface area contributed by atoms with E-state index < -0.39 is 5.54 Å². The number of hydrogen-bond acceptors (Lipinski definition) is 5. The number of benzene rings is 1. The molecule has 162 valence electrons. The van der Waals surface area contributed by atoms with Gasteiger partial charge in [0.2, 0.25) is 5.91 Å². The van der Waals surface area contributed by atoms with Gasteiger partial charge in [-0.2, -0.15) is 0 Å². The third kappa shape index (κ3) is 4.50. The molecule has 1 amide bonds. The summed E-state index contributed by atoms with van der Waals surface area (Å²) in [7, 11) is 4.02. The molecule has 2 unspecified atom stereocenters. The largest absolute Gasteiger partial charge is 0.390 e. The lowest BCUT2D eigenvalue weighted by Gasteiger charge is -2.49. The van der Waals surface area contributed by atoms with Gasteiger partial charge in [0.05, 0.1) is 6.10 Å². The number of nitrogens with zero attached hydrogens (tertiary/aromatic N) is 3. The molecule has 29 heavy (non-hydrogen) atoms. The zero-order valence-electron chi connectivity index (χ0n) is 18.7. The highest BCUT2D eigenvalue weighted by Gasteiger charge is 2.45. The van der Waals surface area contributed by atoms with Crippen molar-refractivity contribution in [3.63, 3.8) is 0 Å². The van der Waals surface area contributed by atoms with Crippen LogP contribution in [0.1, 0.15) is 37.3 Å². The van der Waals surface area contributed by atoms with Crippen molar-refractivity contribution in [2.24, 2.45) is 0 Å². The maximum atomic E-state index is 13.4. The average Bonchev–Trinajstić information content (AvgIpc) is 2.70. The number of rotatable bonds is 5. The molecule has 0 radical (unpaired) electrons. The average molecular weight is 403 g/mol. The number of anilines is 1. The number of aryl methyl sites for hydroxylation is 2. The predicted octanol–water partition coefficient (Wildman–Crippen LogP) is 2.09. The van der Waals surface area contributed by atoms with E-state index in [-0.39, 0.29) is 18.1 Å². The van der Waals surface area contributed by atoms with Crippen LogP contribution in [0.25, 0.3) is 0 Å². The second-order valence-electron chi connectivity index (χ2n) is 9.00. The summed E-state index contributed by atoms with van der Waals surface area (Å²) in [5.74, 6) is 0.0842. The number of likely N-dealkylation sites (N-methyl/N-ethyl adjacent to an activating group) is 2. The standard InChI is InChI=1S/C23H38N4O2/c1-6-26-13-10-19(20(28)16-26)27-14-11-23(12-15-27,25(4)5)22(29)24-21-17(2)8-7-9-18(21)3/h7-9,19-20,28H,6,10-16H2,1-5H3,(H,24,29). The van der Waals surface area contributed by atoms with Crippen LogP contribution in [0.3, 0.4) is 0 Å². The molecule has 2 N–H and O–H groups in total. The Balaban J connectivity index is 1.69. The Morgan fingerprint density at radius 3 is 2.34 bits per heavy atom. The van der Waals surface area contributed by atoms with Gasteiger partial charge in [-0.15, -0.1) is 0 Å². The molecular formula is C23H38N4O2. The third-order valence-corrected chi connectivity index (χ3v) is 7.17. The van der Waals surface area contributed by atoms with Gasteiger partial charge < -0.3 is 15.3 Å². The first kappa shape index (κ1) is 22.2. The lowest BCUT2D eigenvalue weighted by molar-refractivity contribution is -0.131. The molecule has 2 fully saturated rings. The fourth-order valence-electron chi connectivity index (χ4n) is 5.04. The summed E-state index contributed by atoms with van der Waals surface area (Å²) in [5, 5.41) is 13.9. The number of β-amino-alcohol motifs (C(OH)–C–C–N with tert-alkyl or cyclic N) is 1. The van der Waals surface area contributed by atoms with Crippen molar-refractivity contribution in [1.82, 2.24) is 14.7 Å². The van der Waals surface area contributed by atoms with Crippen molar-refractivity contribution >= 4 is 11.6 Å². The monoisotopic (exact) mass is 402 g/mol. The number of likely N-dealkylation sites (tertiary alicyclic amines) is 2. The Morgan fingerprint density at radius 1 is 1.21 bits per heavy atom. The maximum Gasteiger partial charge on any atom is 0.244 e. The topological polar surface area (TPSA) is 59.0 Å². The minimum absolute atomic E-state index is 0.0842. The van der Waals surface area contributed by atoms with Crippen molar-refractivity contribution in [2.75, 3.05) is 52.1 Å². The van der Waals surface area contributed by atoms with Crippen molar-refractivity contribution in [3.8, 4) is 0 Å². The number of aliphatic hydroxyl groups is 1. The van der Waals surface area contributed by atoms with Crippen LogP contribution in [0.4, 0.5) is 5.69 Å². The fourth-order valence-corrected chi connectivity index (χ4v) is 5.04. The summed E-state index contributed by atoms with van der Waals surface area (Å²) >= 11 is 0. The van der Waals surface area contributed by atoms with E-state index in [1.165, 1.54) is 0 Å². The van der Waals surface area contributed by atoms with Gasteiger partial charge in [-0.05, 0) is 71.4 Å². The van der Waals surface area contributed by atoms with Crippen LogP contribution >= 0.6 is 0 Å². The number of para-hydroxylation sites is 1. The van der Waals surface area contributed by atoms with Gasteiger partial charge in [-0.3, -0.25) is 14.6 Å². The molecule has 2 aliphatic rings. The number of carbonyl (C=O) groups is 1. The van der Waals surface area contributed by atoms with Crippen LogP contribution in [0, 0.1) is 13.8 Å². The SMILES string of the molecule is CCN1CCC(N2CCC(C(=O)Nc3c(C)cccc3C)(N(C)C)CC2)C(O)C1. The Kier molecular flexibility index (Phi) is 6.99. The molecule has 6 heteroatoms. The number of nitrogens with one attached hydrogen (secondary N) is 1. The molecule has 0 aliphatic carbocycles. The zero-order valence-corrected chi connectivity index (χ0v) is 18.7. The van der Waals surface area contributed by atoms with E-state index in [1.807, 2.05) is 46.1 Å². The molecule has 1 aromatic rings. The Hall–Kier alpha value is -1.47. The Bertz CT molecular complexity index is 693. The van der Waals surface area contributed by atoms with Crippen molar-refractivity contribution in [3.05, 3.63) is 29.3 Å². The molecule has 0 saturated carbocycles. The minimum atomic E-state index is -0.514. The predicted molar refractivity (Wildman–Crippen MR) is 118 cm³/mol. The number of amides is 1. The summed E-state index contributed by atoms with van der Waals surface area (Å²) in [5.41, 5.74) is 2.61. The lowest BCUT2D eigenvalue weighted by Crippen LogP contribution is -2.63. The van der Waals surface area contributed by atoms with Gasteiger partial charge in [0.15, 0.2) is 0 Å².